The molecule has 1 saturated heterocycles. The van der Waals surface area contributed by atoms with E-state index in [-0.39, 0.29) is 5.54 Å². The topological polar surface area (TPSA) is 41.6 Å². The third-order valence-corrected chi connectivity index (χ3v) is 4.07. The Balaban J connectivity index is 1.97. The van der Waals surface area contributed by atoms with Gasteiger partial charge in [0.15, 0.2) is 5.96 Å². The standard InChI is InChI=1S/C14H27N3/c1-14(2,3)16-13(15)17-9-8-11-6-4-5-7-12(11)10-17/h11-12H,4-10H2,1-3H3,(H2,15,16). The molecular formula is C14H27N3. The zero-order valence-electron chi connectivity index (χ0n) is 11.6. The van der Waals surface area contributed by atoms with Crippen molar-refractivity contribution >= 4 is 5.96 Å². The molecule has 0 aromatic heterocycles. The van der Waals surface area contributed by atoms with Crippen molar-refractivity contribution in [2.45, 2.75) is 58.4 Å². The van der Waals surface area contributed by atoms with Gasteiger partial charge < -0.3 is 10.6 Å². The van der Waals surface area contributed by atoms with Crippen LogP contribution in [-0.2, 0) is 0 Å². The number of fused-ring (bicyclic) bond motifs is 1. The Kier molecular flexibility index (Phi) is 3.64. The third kappa shape index (κ3) is 3.36. The van der Waals surface area contributed by atoms with E-state index >= 15 is 0 Å². The van der Waals surface area contributed by atoms with Crippen molar-refractivity contribution < 1.29 is 0 Å². The zero-order chi connectivity index (χ0) is 12.5. The molecule has 2 atom stereocenters. The SMILES string of the molecule is CC(C)(C)N=C(N)N1CCC2CCCCC2C1. The Bertz CT molecular complexity index is 290. The predicted molar refractivity (Wildman–Crippen MR) is 73.0 cm³/mol. The number of nitrogens with two attached hydrogens (primary N) is 1. The lowest BCUT2D eigenvalue weighted by molar-refractivity contribution is 0.128. The fourth-order valence-electron chi connectivity index (χ4n) is 3.22. The lowest BCUT2D eigenvalue weighted by Gasteiger charge is -2.42. The molecule has 2 fully saturated rings. The van der Waals surface area contributed by atoms with Gasteiger partial charge in [0.25, 0.3) is 0 Å². The molecule has 2 rings (SSSR count). The molecule has 3 heteroatoms. The van der Waals surface area contributed by atoms with Crippen LogP contribution in [0.2, 0.25) is 0 Å². The average molecular weight is 237 g/mol. The first-order chi connectivity index (χ1) is 7.96. The first-order valence-corrected chi connectivity index (χ1v) is 7.06. The van der Waals surface area contributed by atoms with Crippen molar-refractivity contribution in [2.24, 2.45) is 22.6 Å². The smallest absolute Gasteiger partial charge is 0.191 e. The minimum atomic E-state index is -0.0620. The average Bonchev–Trinajstić information content (AvgIpc) is 2.26. The highest BCUT2D eigenvalue weighted by molar-refractivity contribution is 5.78. The van der Waals surface area contributed by atoms with Crippen LogP contribution in [0.15, 0.2) is 4.99 Å². The van der Waals surface area contributed by atoms with Crippen LogP contribution in [0, 0.1) is 11.8 Å². The summed E-state index contributed by atoms with van der Waals surface area (Å²) < 4.78 is 0. The molecule has 0 amide bonds. The molecule has 3 nitrogen and oxygen atoms in total. The Hall–Kier alpha value is -0.730. The van der Waals surface area contributed by atoms with Gasteiger partial charge >= 0.3 is 0 Å². The van der Waals surface area contributed by atoms with E-state index < -0.39 is 0 Å². The van der Waals surface area contributed by atoms with Crippen LogP contribution >= 0.6 is 0 Å². The van der Waals surface area contributed by atoms with Gasteiger partial charge in [-0.1, -0.05) is 19.3 Å². The van der Waals surface area contributed by atoms with Crippen molar-refractivity contribution in [3.05, 3.63) is 0 Å². The van der Waals surface area contributed by atoms with E-state index in [2.05, 4.69) is 30.7 Å². The number of piperidine rings is 1. The number of hydrogen-bond acceptors (Lipinski definition) is 1. The number of rotatable bonds is 0. The van der Waals surface area contributed by atoms with Crippen LogP contribution in [0.1, 0.15) is 52.9 Å². The molecule has 1 saturated carbocycles. The Morgan fingerprint density at radius 1 is 1.12 bits per heavy atom. The monoisotopic (exact) mass is 237 g/mol. The summed E-state index contributed by atoms with van der Waals surface area (Å²) in [6, 6.07) is 0. The second-order valence-electron chi connectivity index (χ2n) is 6.68. The van der Waals surface area contributed by atoms with Crippen molar-refractivity contribution in [1.82, 2.24) is 4.90 Å². The molecule has 1 aliphatic heterocycles. The predicted octanol–water partition coefficient (Wildman–Crippen LogP) is 2.61. The largest absolute Gasteiger partial charge is 0.370 e. The molecule has 2 aliphatic rings. The van der Waals surface area contributed by atoms with E-state index in [1.807, 2.05) is 0 Å². The Morgan fingerprint density at radius 3 is 2.41 bits per heavy atom. The minimum absolute atomic E-state index is 0.0620. The number of hydrogen-bond donors (Lipinski definition) is 1. The number of aliphatic imine (C=N–C) groups is 1. The van der Waals surface area contributed by atoms with Crippen LogP contribution in [0.25, 0.3) is 0 Å². The minimum Gasteiger partial charge on any atom is -0.370 e. The first kappa shape index (κ1) is 12.7. The molecule has 1 aliphatic carbocycles. The van der Waals surface area contributed by atoms with E-state index in [0.717, 1.165) is 30.9 Å². The Labute approximate surface area is 105 Å². The Morgan fingerprint density at radius 2 is 1.76 bits per heavy atom. The van der Waals surface area contributed by atoms with Gasteiger partial charge in [0, 0.05) is 13.1 Å². The molecule has 17 heavy (non-hydrogen) atoms. The van der Waals surface area contributed by atoms with Crippen LogP contribution < -0.4 is 5.73 Å². The second kappa shape index (κ2) is 4.87. The van der Waals surface area contributed by atoms with E-state index in [0.29, 0.717) is 0 Å². The fraction of sp³-hybridized carbons (Fsp3) is 0.929. The highest BCUT2D eigenvalue weighted by Gasteiger charge is 2.31. The number of likely N-dealkylation sites (tertiary alicyclic amines) is 1. The normalized spacial score (nSPS) is 31.2. The summed E-state index contributed by atoms with van der Waals surface area (Å²) in [4.78, 5) is 6.89. The van der Waals surface area contributed by atoms with E-state index in [1.165, 1.54) is 32.1 Å². The quantitative estimate of drug-likeness (QED) is 0.520. The van der Waals surface area contributed by atoms with Crippen molar-refractivity contribution in [3.8, 4) is 0 Å². The van der Waals surface area contributed by atoms with E-state index in [4.69, 9.17) is 5.73 Å². The van der Waals surface area contributed by atoms with Crippen LogP contribution in [0.3, 0.4) is 0 Å². The molecule has 2 N–H and O–H groups in total. The summed E-state index contributed by atoms with van der Waals surface area (Å²) in [5.41, 5.74) is 6.07. The summed E-state index contributed by atoms with van der Waals surface area (Å²) in [7, 11) is 0. The van der Waals surface area contributed by atoms with Gasteiger partial charge in [0.1, 0.15) is 0 Å². The van der Waals surface area contributed by atoms with Crippen LogP contribution in [-0.4, -0.2) is 29.5 Å². The van der Waals surface area contributed by atoms with Gasteiger partial charge in [-0.25, -0.2) is 4.99 Å². The van der Waals surface area contributed by atoms with E-state index in [9.17, 15) is 0 Å². The summed E-state index contributed by atoms with van der Waals surface area (Å²) in [5, 5.41) is 0. The van der Waals surface area contributed by atoms with Crippen molar-refractivity contribution in [1.29, 1.82) is 0 Å². The lowest BCUT2D eigenvalue weighted by atomic mass is 9.75. The lowest BCUT2D eigenvalue weighted by Crippen LogP contribution is -2.48. The van der Waals surface area contributed by atoms with Gasteiger partial charge in [-0.2, -0.15) is 0 Å². The molecule has 0 spiro atoms. The summed E-state index contributed by atoms with van der Waals surface area (Å²) in [6.45, 7) is 8.55. The molecule has 0 aromatic rings. The zero-order valence-corrected chi connectivity index (χ0v) is 11.6. The molecule has 98 valence electrons. The summed E-state index contributed by atoms with van der Waals surface area (Å²) in [6.07, 6.45) is 6.99. The van der Waals surface area contributed by atoms with E-state index in [1.54, 1.807) is 0 Å². The molecule has 0 bridgehead atoms. The molecule has 2 unspecified atom stereocenters. The maximum absolute atomic E-state index is 6.13. The third-order valence-electron chi connectivity index (χ3n) is 4.07. The number of guanidine groups is 1. The van der Waals surface area contributed by atoms with Gasteiger partial charge in [-0.15, -0.1) is 0 Å². The summed E-state index contributed by atoms with van der Waals surface area (Å²) in [5.74, 6) is 2.58. The second-order valence-corrected chi connectivity index (χ2v) is 6.68. The van der Waals surface area contributed by atoms with Crippen molar-refractivity contribution in [3.63, 3.8) is 0 Å². The molecule has 0 radical (unpaired) electrons. The van der Waals surface area contributed by atoms with Gasteiger partial charge in [-0.3, -0.25) is 0 Å². The fourth-order valence-corrected chi connectivity index (χ4v) is 3.22. The highest BCUT2D eigenvalue weighted by Crippen LogP contribution is 2.35. The molecule has 1 heterocycles. The molecule has 0 aromatic carbocycles. The van der Waals surface area contributed by atoms with Gasteiger partial charge in [0.2, 0.25) is 0 Å². The summed E-state index contributed by atoms with van der Waals surface area (Å²) >= 11 is 0. The van der Waals surface area contributed by atoms with Gasteiger partial charge in [0.05, 0.1) is 5.54 Å². The van der Waals surface area contributed by atoms with Gasteiger partial charge in [-0.05, 0) is 45.4 Å². The highest BCUT2D eigenvalue weighted by atomic mass is 15.3. The maximum Gasteiger partial charge on any atom is 0.191 e. The first-order valence-electron chi connectivity index (χ1n) is 7.06. The van der Waals surface area contributed by atoms with Crippen LogP contribution in [0.5, 0.6) is 0 Å². The maximum atomic E-state index is 6.13. The van der Waals surface area contributed by atoms with Crippen LogP contribution in [0.4, 0.5) is 0 Å². The number of nitrogens with zero attached hydrogens (tertiary/aromatic N) is 2. The molecular weight excluding hydrogens is 210 g/mol. The van der Waals surface area contributed by atoms with Crippen molar-refractivity contribution in [2.75, 3.05) is 13.1 Å².